The van der Waals surface area contributed by atoms with Crippen molar-refractivity contribution in [3.63, 3.8) is 0 Å². The maximum Gasteiger partial charge on any atom is 0.148 e. The lowest BCUT2D eigenvalue weighted by molar-refractivity contribution is 0.162. The molecule has 3 heterocycles. The fourth-order valence-electron chi connectivity index (χ4n) is 2.68. The number of piperidine rings is 1. The maximum atomic E-state index is 4.36. The minimum atomic E-state index is 0.548. The van der Waals surface area contributed by atoms with Crippen molar-refractivity contribution in [3.05, 3.63) is 17.3 Å². The molecule has 15 heavy (non-hydrogen) atoms. The van der Waals surface area contributed by atoms with Crippen LogP contribution in [0.2, 0.25) is 0 Å². The van der Waals surface area contributed by atoms with E-state index in [4.69, 9.17) is 0 Å². The Morgan fingerprint density at radius 1 is 1.40 bits per heavy atom. The molecule has 0 aliphatic carbocycles. The van der Waals surface area contributed by atoms with E-state index in [0.29, 0.717) is 6.04 Å². The number of nitrogens with zero attached hydrogens (tertiary/aromatic N) is 3. The van der Waals surface area contributed by atoms with Crippen LogP contribution in [-0.2, 0) is 6.54 Å². The second-order valence-corrected chi connectivity index (χ2v) is 4.37. The summed E-state index contributed by atoms with van der Waals surface area (Å²) < 4.78 is 0. The van der Waals surface area contributed by atoms with Crippen LogP contribution in [0.25, 0.3) is 0 Å². The molecule has 0 aromatic carbocycles. The molecule has 0 radical (unpaired) electrons. The lowest BCUT2D eigenvalue weighted by atomic mass is 10.0. The number of anilines is 1. The van der Waals surface area contributed by atoms with Gasteiger partial charge in [-0.2, -0.15) is 5.10 Å². The predicted molar refractivity (Wildman–Crippen MR) is 58.6 cm³/mol. The predicted octanol–water partition coefficient (Wildman–Crippen LogP) is 1.56. The highest BCUT2D eigenvalue weighted by molar-refractivity contribution is 5.40. The van der Waals surface area contributed by atoms with E-state index in [-0.39, 0.29) is 0 Å². The van der Waals surface area contributed by atoms with Crippen molar-refractivity contribution < 1.29 is 0 Å². The highest BCUT2D eigenvalue weighted by atomic mass is 15.2. The minimum absolute atomic E-state index is 0.548. The molecule has 1 N–H and O–H groups in total. The van der Waals surface area contributed by atoms with Crippen LogP contribution in [0.4, 0.5) is 5.82 Å². The van der Waals surface area contributed by atoms with Gasteiger partial charge in [0.2, 0.25) is 0 Å². The first-order chi connectivity index (χ1) is 7.38. The molecular formula is C11H16N4. The number of aromatic nitrogens is 2. The molecule has 1 aromatic heterocycles. The summed E-state index contributed by atoms with van der Waals surface area (Å²) in [5.74, 6) is 0.883. The van der Waals surface area contributed by atoms with Gasteiger partial charge in [0.1, 0.15) is 5.82 Å². The zero-order chi connectivity index (χ0) is 10.3. The summed E-state index contributed by atoms with van der Waals surface area (Å²) in [5, 5.41) is 11.6. The number of nitrogens with one attached hydrogen (secondary N) is 1. The molecule has 0 saturated carbocycles. The monoisotopic (exact) mass is 204 g/mol. The van der Waals surface area contributed by atoms with Gasteiger partial charge < -0.3 is 5.32 Å². The number of hydrogen-bond acceptors (Lipinski definition) is 4. The molecule has 0 amide bonds. The normalized spacial score (nSPS) is 24.7. The van der Waals surface area contributed by atoms with Gasteiger partial charge in [0.15, 0.2) is 0 Å². The molecule has 0 bridgehead atoms. The van der Waals surface area contributed by atoms with E-state index in [1.807, 2.05) is 7.05 Å². The molecule has 0 spiro atoms. The third-order valence-corrected chi connectivity index (χ3v) is 3.46. The summed E-state index contributed by atoms with van der Waals surface area (Å²) in [6.07, 6.45) is 3.91. The van der Waals surface area contributed by atoms with E-state index in [2.05, 4.69) is 26.5 Å². The Hall–Kier alpha value is -1.16. The van der Waals surface area contributed by atoms with Crippen LogP contribution in [0.5, 0.6) is 0 Å². The van der Waals surface area contributed by atoms with Crippen LogP contribution in [0.3, 0.4) is 0 Å². The van der Waals surface area contributed by atoms with Crippen LogP contribution in [-0.4, -0.2) is 28.7 Å². The van der Waals surface area contributed by atoms with Gasteiger partial charge in [-0.15, -0.1) is 5.10 Å². The molecule has 1 atom stereocenters. The number of hydrogen-bond donors (Lipinski definition) is 1. The van der Waals surface area contributed by atoms with E-state index in [1.165, 1.54) is 37.1 Å². The Morgan fingerprint density at radius 3 is 3.20 bits per heavy atom. The lowest BCUT2D eigenvalue weighted by Crippen LogP contribution is -2.27. The first kappa shape index (κ1) is 9.09. The van der Waals surface area contributed by atoms with E-state index in [9.17, 15) is 0 Å². The Bertz CT molecular complexity index is 377. The first-order valence-electron chi connectivity index (χ1n) is 5.67. The lowest BCUT2D eigenvalue weighted by Gasteiger charge is -2.28. The van der Waals surface area contributed by atoms with Crippen molar-refractivity contribution in [2.24, 2.45) is 0 Å². The van der Waals surface area contributed by atoms with Gasteiger partial charge in [0, 0.05) is 13.6 Å². The molecule has 1 aromatic rings. The molecule has 1 saturated heterocycles. The zero-order valence-corrected chi connectivity index (χ0v) is 9.03. The van der Waals surface area contributed by atoms with Crippen LogP contribution in [0.15, 0.2) is 6.07 Å². The molecule has 2 aliphatic heterocycles. The largest absolute Gasteiger partial charge is 0.372 e. The topological polar surface area (TPSA) is 41.1 Å². The summed E-state index contributed by atoms with van der Waals surface area (Å²) in [6.45, 7) is 2.28. The molecule has 80 valence electrons. The maximum absolute atomic E-state index is 4.36. The standard InChI is InChI=1S/C11H16N4/c1-12-10-6-8-7-15-5-3-2-4-9(15)11(8)14-13-10/h6,9H,2-5,7H2,1H3,(H,12,13). The average molecular weight is 204 g/mol. The second kappa shape index (κ2) is 3.45. The zero-order valence-electron chi connectivity index (χ0n) is 9.03. The van der Waals surface area contributed by atoms with Gasteiger partial charge in [-0.25, -0.2) is 0 Å². The summed E-state index contributed by atoms with van der Waals surface area (Å²) >= 11 is 0. The first-order valence-corrected chi connectivity index (χ1v) is 5.67. The van der Waals surface area contributed by atoms with Crippen molar-refractivity contribution in [2.75, 3.05) is 18.9 Å². The Labute approximate surface area is 89.7 Å². The molecule has 2 aliphatic rings. The third-order valence-electron chi connectivity index (χ3n) is 3.46. The van der Waals surface area contributed by atoms with Crippen molar-refractivity contribution in [2.45, 2.75) is 31.8 Å². The minimum Gasteiger partial charge on any atom is -0.372 e. The molecule has 4 nitrogen and oxygen atoms in total. The van der Waals surface area contributed by atoms with E-state index >= 15 is 0 Å². The number of rotatable bonds is 1. The Morgan fingerprint density at radius 2 is 2.33 bits per heavy atom. The van der Waals surface area contributed by atoms with Gasteiger partial charge in [0.25, 0.3) is 0 Å². The van der Waals surface area contributed by atoms with Crippen molar-refractivity contribution in [1.29, 1.82) is 0 Å². The van der Waals surface area contributed by atoms with Crippen molar-refractivity contribution >= 4 is 5.82 Å². The smallest absolute Gasteiger partial charge is 0.148 e. The van der Waals surface area contributed by atoms with Gasteiger partial charge >= 0.3 is 0 Å². The molecular weight excluding hydrogens is 188 g/mol. The number of fused-ring (bicyclic) bond motifs is 3. The van der Waals surface area contributed by atoms with Crippen molar-refractivity contribution in [1.82, 2.24) is 15.1 Å². The Balaban J connectivity index is 1.96. The van der Waals surface area contributed by atoms with Crippen LogP contribution >= 0.6 is 0 Å². The highest BCUT2D eigenvalue weighted by Crippen LogP contribution is 2.38. The molecule has 1 fully saturated rings. The van der Waals surface area contributed by atoms with Gasteiger partial charge in [-0.3, -0.25) is 4.90 Å². The summed E-state index contributed by atoms with van der Waals surface area (Å²) in [4.78, 5) is 2.53. The van der Waals surface area contributed by atoms with Crippen LogP contribution in [0.1, 0.15) is 36.6 Å². The second-order valence-electron chi connectivity index (χ2n) is 4.37. The third kappa shape index (κ3) is 1.40. The van der Waals surface area contributed by atoms with Crippen LogP contribution < -0.4 is 5.32 Å². The van der Waals surface area contributed by atoms with E-state index in [0.717, 1.165) is 12.4 Å². The van der Waals surface area contributed by atoms with E-state index in [1.54, 1.807) is 0 Å². The summed E-state index contributed by atoms with van der Waals surface area (Å²) in [5.41, 5.74) is 2.58. The molecule has 4 heteroatoms. The fraction of sp³-hybridized carbons (Fsp3) is 0.636. The van der Waals surface area contributed by atoms with Gasteiger partial charge in [-0.05, 0) is 31.0 Å². The Kier molecular flexibility index (Phi) is 2.09. The molecule has 1 unspecified atom stereocenters. The average Bonchev–Trinajstić information content (AvgIpc) is 2.66. The quantitative estimate of drug-likeness (QED) is 0.753. The summed E-state index contributed by atoms with van der Waals surface area (Å²) in [6, 6.07) is 2.69. The van der Waals surface area contributed by atoms with E-state index < -0.39 is 0 Å². The summed E-state index contributed by atoms with van der Waals surface area (Å²) in [7, 11) is 1.89. The van der Waals surface area contributed by atoms with Gasteiger partial charge in [-0.1, -0.05) is 6.42 Å². The van der Waals surface area contributed by atoms with Gasteiger partial charge in [0.05, 0.1) is 11.7 Å². The highest BCUT2D eigenvalue weighted by Gasteiger charge is 2.33. The van der Waals surface area contributed by atoms with Crippen LogP contribution in [0, 0.1) is 0 Å². The molecule has 3 rings (SSSR count). The van der Waals surface area contributed by atoms with Crippen molar-refractivity contribution in [3.8, 4) is 0 Å². The fourth-order valence-corrected chi connectivity index (χ4v) is 2.68. The SMILES string of the molecule is CNc1cc2c(nn1)C1CCCCN1C2.